The van der Waals surface area contributed by atoms with Crippen molar-refractivity contribution in [3.8, 4) is 0 Å². The van der Waals surface area contributed by atoms with Crippen LogP contribution < -0.4 is 5.32 Å². The molecule has 1 aromatic rings. The highest BCUT2D eigenvalue weighted by atomic mass is 32.2. The Morgan fingerprint density at radius 3 is 2.95 bits per heavy atom. The Kier molecular flexibility index (Phi) is 3.68. The molecular weight excluding hydrogens is 314 g/mol. The summed E-state index contributed by atoms with van der Waals surface area (Å²) in [4.78, 5) is 39.8. The minimum atomic E-state index is -1.16. The van der Waals surface area contributed by atoms with Gasteiger partial charge >= 0.3 is 5.97 Å². The van der Waals surface area contributed by atoms with Gasteiger partial charge in [-0.25, -0.2) is 9.78 Å². The first-order chi connectivity index (χ1) is 10.0. The van der Waals surface area contributed by atoms with Gasteiger partial charge in [-0.3, -0.25) is 14.5 Å². The van der Waals surface area contributed by atoms with Crippen molar-refractivity contribution in [2.75, 3.05) is 0 Å². The highest BCUT2D eigenvalue weighted by molar-refractivity contribution is 8.00. The number of carbonyl (C=O) groups excluding carboxylic acids is 2. The van der Waals surface area contributed by atoms with E-state index in [9.17, 15) is 14.4 Å². The van der Waals surface area contributed by atoms with E-state index in [2.05, 4.69) is 10.3 Å². The molecule has 2 aliphatic rings. The number of thioether (sulfide) groups is 1. The van der Waals surface area contributed by atoms with Gasteiger partial charge in [0.15, 0.2) is 0 Å². The molecule has 110 valence electrons. The molecule has 3 heterocycles. The molecule has 2 amide bonds. The lowest BCUT2D eigenvalue weighted by molar-refractivity contribution is -0.146. The summed E-state index contributed by atoms with van der Waals surface area (Å²) in [5.74, 6) is -1.58. The van der Waals surface area contributed by atoms with E-state index >= 15 is 0 Å². The largest absolute Gasteiger partial charge is 0.477 e. The van der Waals surface area contributed by atoms with Gasteiger partial charge in [0.05, 0.1) is 23.6 Å². The van der Waals surface area contributed by atoms with Crippen LogP contribution in [0, 0.1) is 0 Å². The minimum Gasteiger partial charge on any atom is -0.477 e. The second-order valence-electron chi connectivity index (χ2n) is 4.51. The number of hydrogen-bond acceptors (Lipinski definition) is 6. The molecule has 0 aliphatic carbocycles. The number of β-lactam (4-membered cyclic amide) rings is 1. The Morgan fingerprint density at radius 1 is 1.52 bits per heavy atom. The van der Waals surface area contributed by atoms with E-state index in [0.717, 1.165) is 0 Å². The normalized spacial score (nSPS) is 23.9. The van der Waals surface area contributed by atoms with Gasteiger partial charge in [0.2, 0.25) is 11.8 Å². The number of amides is 2. The maximum atomic E-state index is 11.9. The lowest BCUT2D eigenvalue weighted by atomic mass is 10.1. The first kappa shape index (κ1) is 14.1. The van der Waals surface area contributed by atoms with Crippen molar-refractivity contribution in [1.82, 2.24) is 15.2 Å². The number of aliphatic carboxylic acids is 1. The molecule has 1 saturated heterocycles. The second kappa shape index (κ2) is 5.49. The number of hydrogen-bond donors (Lipinski definition) is 2. The molecule has 3 rings (SSSR count). The number of aromatic nitrogens is 1. The van der Waals surface area contributed by atoms with E-state index in [0.29, 0.717) is 11.4 Å². The summed E-state index contributed by atoms with van der Waals surface area (Å²) in [6.45, 7) is 0. The highest BCUT2D eigenvalue weighted by Crippen LogP contribution is 2.39. The van der Waals surface area contributed by atoms with E-state index in [4.69, 9.17) is 5.11 Å². The van der Waals surface area contributed by atoms with Crippen LogP contribution in [0.15, 0.2) is 23.3 Å². The van der Waals surface area contributed by atoms with Crippen molar-refractivity contribution in [1.29, 1.82) is 0 Å². The van der Waals surface area contributed by atoms with E-state index in [1.807, 2.05) is 0 Å². The molecule has 0 spiro atoms. The van der Waals surface area contributed by atoms with Gasteiger partial charge in [0.1, 0.15) is 10.7 Å². The summed E-state index contributed by atoms with van der Waals surface area (Å²) in [6.07, 6.45) is 3.50. The van der Waals surface area contributed by atoms with Crippen molar-refractivity contribution in [3.63, 3.8) is 0 Å². The van der Waals surface area contributed by atoms with Crippen LogP contribution in [-0.4, -0.2) is 43.5 Å². The molecule has 2 atom stereocenters. The average molecular weight is 325 g/mol. The van der Waals surface area contributed by atoms with Crippen LogP contribution in [0.5, 0.6) is 0 Å². The van der Waals surface area contributed by atoms with E-state index in [1.165, 1.54) is 34.1 Å². The van der Waals surface area contributed by atoms with Crippen molar-refractivity contribution < 1.29 is 19.5 Å². The van der Waals surface area contributed by atoms with Crippen LogP contribution in [0.1, 0.15) is 11.4 Å². The third-order valence-corrected chi connectivity index (χ3v) is 5.11. The molecule has 0 radical (unpaired) electrons. The monoisotopic (exact) mass is 325 g/mol. The van der Waals surface area contributed by atoms with E-state index in [1.54, 1.807) is 11.6 Å². The zero-order chi connectivity index (χ0) is 15.0. The molecule has 0 aromatic carbocycles. The quantitative estimate of drug-likeness (QED) is 0.778. The zero-order valence-corrected chi connectivity index (χ0v) is 12.3. The van der Waals surface area contributed by atoms with Crippen LogP contribution in [0.3, 0.4) is 0 Å². The summed E-state index contributed by atoms with van der Waals surface area (Å²) >= 11 is 2.75. The summed E-state index contributed by atoms with van der Waals surface area (Å²) in [5, 5.41) is 13.7. The standard InChI is InChI=1S/C12H11N3O4S2/c16-7(4-8-13-1-2-20-8)14-9-3-6(12(18)19)15-10(17)5-11(15)21-9/h1-3,9,11H,4-5H2,(H,14,16)(H,18,19)/t9?,11-/m1/s1. The first-order valence-corrected chi connectivity index (χ1v) is 7.97. The van der Waals surface area contributed by atoms with Gasteiger partial charge < -0.3 is 10.4 Å². The Balaban J connectivity index is 1.68. The van der Waals surface area contributed by atoms with Gasteiger partial charge in [-0.1, -0.05) is 0 Å². The molecule has 1 unspecified atom stereocenters. The molecule has 0 bridgehead atoms. The Morgan fingerprint density at radius 2 is 2.33 bits per heavy atom. The van der Waals surface area contributed by atoms with Gasteiger partial charge in [0, 0.05) is 11.6 Å². The summed E-state index contributed by atoms with van der Waals surface area (Å²) in [7, 11) is 0. The molecule has 1 fully saturated rings. The number of carboxylic acid groups (broad SMARTS) is 1. The second-order valence-corrected chi connectivity index (χ2v) is 6.81. The summed E-state index contributed by atoms with van der Waals surface area (Å²) in [6, 6.07) is 0. The fourth-order valence-electron chi connectivity index (χ4n) is 2.16. The molecule has 7 nitrogen and oxygen atoms in total. The van der Waals surface area contributed by atoms with Crippen molar-refractivity contribution in [3.05, 3.63) is 28.4 Å². The predicted molar refractivity (Wildman–Crippen MR) is 76.3 cm³/mol. The van der Waals surface area contributed by atoms with Crippen molar-refractivity contribution in [2.45, 2.75) is 23.6 Å². The molecule has 2 N–H and O–H groups in total. The molecule has 2 aliphatic heterocycles. The molecule has 9 heteroatoms. The number of nitrogens with zero attached hydrogens (tertiary/aromatic N) is 2. The highest BCUT2D eigenvalue weighted by Gasteiger charge is 2.45. The third-order valence-electron chi connectivity index (χ3n) is 3.10. The van der Waals surface area contributed by atoms with Crippen LogP contribution in [0.4, 0.5) is 0 Å². The predicted octanol–water partition coefficient (Wildman–Crippen LogP) is 0.402. The fourth-order valence-corrected chi connectivity index (χ4v) is 4.11. The van der Waals surface area contributed by atoms with Crippen LogP contribution in [0.2, 0.25) is 0 Å². The fraction of sp³-hybridized carbons (Fsp3) is 0.333. The van der Waals surface area contributed by atoms with Crippen molar-refractivity contribution in [2.24, 2.45) is 0 Å². The Hall–Kier alpha value is -1.87. The maximum absolute atomic E-state index is 11.9. The minimum absolute atomic E-state index is 0.0606. The van der Waals surface area contributed by atoms with Gasteiger partial charge in [-0.2, -0.15) is 0 Å². The molecule has 1 aromatic heterocycles. The topological polar surface area (TPSA) is 99.6 Å². The maximum Gasteiger partial charge on any atom is 0.352 e. The lowest BCUT2D eigenvalue weighted by Gasteiger charge is -2.44. The van der Waals surface area contributed by atoms with Gasteiger partial charge in [0.25, 0.3) is 0 Å². The van der Waals surface area contributed by atoms with Crippen LogP contribution in [0.25, 0.3) is 0 Å². The van der Waals surface area contributed by atoms with E-state index < -0.39 is 11.3 Å². The number of carbonyl (C=O) groups is 3. The number of fused-ring (bicyclic) bond motifs is 1. The number of thiazole rings is 1. The SMILES string of the molecule is O=C(Cc1nccs1)NC1C=C(C(=O)O)N2C(=O)C[C@H]2S1. The summed E-state index contributed by atoms with van der Waals surface area (Å²) < 4.78 is 0. The third kappa shape index (κ3) is 2.79. The smallest absolute Gasteiger partial charge is 0.352 e. The average Bonchev–Trinajstić information content (AvgIpc) is 2.89. The van der Waals surface area contributed by atoms with Gasteiger partial charge in [-0.15, -0.1) is 23.1 Å². The molecule has 21 heavy (non-hydrogen) atoms. The molecule has 0 saturated carbocycles. The van der Waals surface area contributed by atoms with Crippen molar-refractivity contribution >= 4 is 40.9 Å². The van der Waals surface area contributed by atoms with Crippen LogP contribution in [-0.2, 0) is 20.8 Å². The van der Waals surface area contributed by atoms with E-state index in [-0.39, 0.29) is 29.3 Å². The zero-order valence-electron chi connectivity index (χ0n) is 10.7. The number of rotatable bonds is 4. The Labute approximate surface area is 128 Å². The van der Waals surface area contributed by atoms with Crippen LogP contribution >= 0.6 is 23.1 Å². The number of carboxylic acids is 1. The first-order valence-electron chi connectivity index (χ1n) is 6.15. The molecular formula is C12H11N3O4S2. The summed E-state index contributed by atoms with van der Waals surface area (Å²) in [5.41, 5.74) is -0.0606. The lowest BCUT2D eigenvalue weighted by Crippen LogP contribution is -2.55. The number of nitrogens with one attached hydrogen (secondary N) is 1. The van der Waals surface area contributed by atoms with Gasteiger partial charge in [-0.05, 0) is 6.08 Å². The Bertz CT molecular complexity index is 628.